The van der Waals surface area contributed by atoms with Crippen LogP contribution < -0.4 is 0 Å². The van der Waals surface area contributed by atoms with Crippen LogP contribution in [0.2, 0.25) is 5.02 Å². The summed E-state index contributed by atoms with van der Waals surface area (Å²) >= 11 is 5.83. The summed E-state index contributed by atoms with van der Waals surface area (Å²) in [4.78, 5) is 14.7. The SMILES string of the molecule is Cl.O=C(OCC1CCCN2CCCCC12)c1ccc(Cl)cc1. The number of nitrogens with zero attached hydrogens (tertiary/aromatic N) is 1. The van der Waals surface area contributed by atoms with Crippen LogP contribution in [0.15, 0.2) is 24.3 Å². The molecule has 2 heterocycles. The summed E-state index contributed by atoms with van der Waals surface area (Å²) in [6.45, 7) is 2.97. The van der Waals surface area contributed by atoms with Crippen LogP contribution in [0.3, 0.4) is 0 Å². The summed E-state index contributed by atoms with van der Waals surface area (Å²) in [7, 11) is 0. The van der Waals surface area contributed by atoms with Gasteiger partial charge in [0.1, 0.15) is 0 Å². The van der Waals surface area contributed by atoms with Crippen molar-refractivity contribution >= 4 is 30.0 Å². The minimum atomic E-state index is -0.236. The Bertz CT molecular complexity index is 490. The molecule has 0 aromatic heterocycles. The molecule has 2 fully saturated rings. The molecule has 0 spiro atoms. The number of carbonyl (C=O) groups is 1. The fourth-order valence-corrected chi connectivity index (χ4v) is 3.75. The first-order valence-corrected chi connectivity index (χ1v) is 8.28. The second-order valence-corrected chi connectivity index (χ2v) is 6.54. The molecule has 0 N–H and O–H groups in total. The van der Waals surface area contributed by atoms with Gasteiger partial charge >= 0.3 is 5.97 Å². The summed E-state index contributed by atoms with van der Waals surface area (Å²) < 4.78 is 5.55. The molecule has 5 heteroatoms. The molecule has 0 amide bonds. The average Bonchev–Trinajstić information content (AvgIpc) is 2.53. The fourth-order valence-electron chi connectivity index (χ4n) is 3.62. The van der Waals surface area contributed by atoms with Crippen molar-refractivity contribution in [3.05, 3.63) is 34.9 Å². The topological polar surface area (TPSA) is 29.5 Å². The van der Waals surface area contributed by atoms with Crippen LogP contribution in [0.5, 0.6) is 0 Å². The van der Waals surface area contributed by atoms with Gasteiger partial charge in [-0.3, -0.25) is 4.90 Å². The van der Waals surface area contributed by atoms with Gasteiger partial charge < -0.3 is 4.74 Å². The highest BCUT2D eigenvalue weighted by molar-refractivity contribution is 6.30. The van der Waals surface area contributed by atoms with Gasteiger partial charge in [-0.1, -0.05) is 18.0 Å². The molecule has 0 bridgehead atoms. The average molecular weight is 344 g/mol. The van der Waals surface area contributed by atoms with E-state index in [0.29, 0.717) is 29.2 Å². The van der Waals surface area contributed by atoms with E-state index in [2.05, 4.69) is 4.90 Å². The quantitative estimate of drug-likeness (QED) is 0.771. The second-order valence-electron chi connectivity index (χ2n) is 6.11. The highest BCUT2D eigenvalue weighted by Gasteiger charge is 2.33. The predicted molar refractivity (Wildman–Crippen MR) is 90.9 cm³/mol. The van der Waals surface area contributed by atoms with Gasteiger partial charge in [0.15, 0.2) is 0 Å². The van der Waals surface area contributed by atoms with Gasteiger partial charge in [0.05, 0.1) is 12.2 Å². The van der Waals surface area contributed by atoms with Gasteiger partial charge in [-0.2, -0.15) is 0 Å². The number of esters is 1. The maximum atomic E-state index is 12.1. The van der Waals surface area contributed by atoms with Crippen LogP contribution in [0.1, 0.15) is 42.5 Å². The Labute approximate surface area is 143 Å². The molecule has 2 aliphatic heterocycles. The predicted octanol–water partition coefficient (Wildman–Crippen LogP) is 4.18. The molecule has 1 aromatic rings. The Morgan fingerprint density at radius 3 is 2.64 bits per heavy atom. The molecule has 3 nitrogen and oxygen atoms in total. The summed E-state index contributed by atoms with van der Waals surface area (Å²) in [6.07, 6.45) is 6.27. The Morgan fingerprint density at radius 2 is 1.86 bits per heavy atom. The lowest BCUT2D eigenvalue weighted by molar-refractivity contribution is 0.00739. The molecule has 0 radical (unpaired) electrons. The highest BCUT2D eigenvalue weighted by Crippen LogP contribution is 2.31. The number of halogens is 2. The first-order chi connectivity index (χ1) is 10.2. The minimum Gasteiger partial charge on any atom is -0.462 e. The van der Waals surface area contributed by atoms with Gasteiger partial charge in [-0.25, -0.2) is 4.79 Å². The zero-order valence-electron chi connectivity index (χ0n) is 12.7. The van der Waals surface area contributed by atoms with E-state index in [1.165, 1.54) is 45.2 Å². The third-order valence-electron chi connectivity index (χ3n) is 4.74. The van der Waals surface area contributed by atoms with E-state index in [4.69, 9.17) is 16.3 Å². The second kappa shape index (κ2) is 8.19. The van der Waals surface area contributed by atoms with E-state index in [1.807, 2.05) is 0 Å². The minimum absolute atomic E-state index is 0. The molecule has 1 aromatic carbocycles. The lowest BCUT2D eigenvalue weighted by atomic mass is 9.84. The summed E-state index contributed by atoms with van der Waals surface area (Å²) in [5, 5.41) is 0.636. The van der Waals surface area contributed by atoms with Gasteiger partial charge in [-0.15, -0.1) is 12.4 Å². The summed E-state index contributed by atoms with van der Waals surface area (Å²) in [5.74, 6) is 0.259. The van der Waals surface area contributed by atoms with Gasteiger partial charge in [-0.05, 0) is 63.0 Å². The molecule has 2 unspecified atom stereocenters. The third-order valence-corrected chi connectivity index (χ3v) is 4.99. The van der Waals surface area contributed by atoms with Crippen molar-refractivity contribution in [2.24, 2.45) is 5.92 Å². The molecule has 0 aliphatic carbocycles. The number of carbonyl (C=O) groups excluding carboxylic acids is 1. The number of hydrogen-bond acceptors (Lipinski definition) is 3. The monoisotopic (exact) mass is 343 g/mol. The van der Waals surface area contributed by atoms with Crippen molar-refractivity contribution in [3.63, 3.8) is 0 Å². The number of ether oxygens (including phenoxy) is 1. The van der Waals surface area contributed by atoms with Crippen molar-refractivity contribution < 1.29 is 9.53 Å². The van der Waals surface area contributed by atoms with Crippen molar-refractivity contribution in [3.8, 4) is 0 Å². The van der Waals surface area contributed by atoms with Gasteiger partial charge in [0.2, 0.25) is 0 Å². The number of piperidine rings is 2. The molecule has 3 rings (SSSR count). The third kappa shape index (κ3) is 4.15. The number of fused-ring (bicyclic) bond motifs is 1. The lowest BCUT2D eigenvalue weighted by Crippen LogP contribution is -2.49. The van der Waals surface area contributed by atoms with Crippen molar-refractivity contribution in [1.82, 2.24) is 4.90 Å². The van der Waals surface area contributed by atoms with E-state index in [1.54, 1.807) is 24.3 Å². The smallest absolute Gasteiger partial charge is 0.338 e. The molecule has 2 saturated heterocycles. The first kappa shape index (κ1) is 17.6. The maximum Gasteiger partial charge on any atom is 0.338 e. The Hall–Kier alpha value is -0.770. The molecular weight excluding hydrogens is 321 g/mol. The van der Waals surface area contributed by atoms with Crippen LogP contribution in [0, 0.1) is 5.92 Å². The molecular formula is C17H23Cl2NO2. The largest absolute Gasteiger partial charge is 0.462 e. The van der Waals surface area contributed by atoms with E-state index in [-0.39, 0.29) is 18.4 Å². The zero-order chi connectivity index (χ0) is 14.7. The molecule has 122 valence electrons. The Morgan fingerprint density at radius 1 is 1.14 bits per heavy atom. The first-order valence-electron chi connectivity index (χ1n) is 7.91. The molecule has 0 saturated carbocycles. The van der Waals surface area contributed by atoms with E-state index in [9.17, 15) is 4.79 Å². The van der Waals surface area contributed by atoms with Crippen LogP contribution in [-0.4, -0.2) is 36.6 Å². The van der Waals surface area contributed by atoms with Crippen molar-refractivity contribution in [1.29, 1.82) is 0 Å². The number of hydrogen-bond donors (Lipinski definition) is 0. The van der Waals surface area contributed by atoms with Gasteiger partial charge in [0, 0.05) is 17.0 Å². The molecule has 2 atom stereocenters. The fraction of sp³-hybridized carbons (Fsp3) is 0.588. The molecule has 2 aliphatic rings. The van der Waals surface area contributed by atoms with Gasteiger partial charge in [0.25, 0.3) is 0 Å². The molecule has 22 heavy (non-hydrogen) atoms. The van der Waals surface area contributed by atoms with Crippen LogP contribution in [0.25, 0.3) is 0 Å². The Kier molecular flexibility index (Phi) is 6.54. The standard InChI is InChI=1S/C17H22ClNO2.ClH/c18-15-8-6-13(7-9-15)17(20)21-12-14-4-3-11-19-10-2-1-5-16(14)19;/h6-9,14,16H,1-5,10-12H2;1H. The van der Waals surface area contributed by atoms with Crippen LogP contribution >= 0.6 is 24.0 Å². The van der Waals surface area contributed by atoms with E-state index >= 15 is 0 Å². The van der Waals surface area contributed by atoms with Crippen molar-refractivity contribution in [2.45, 2.75) is 38.1 Å². The Balaban J connectivity index is 0.00000176. The zero-order valence-corrected chi connectivity index (χ0v) is 14.2. The van der Waals surface area contributed by atoms with E-state index in [0.717, 1.165) is 0 Å². The summed E-state index contributed by atoms with van der Waals surface area (Å²) in [5.41, 5.74) is 0.579. The number of rotatable bonds is 3. The lowest BCUT2D eigenvalue weighted by Gasteiger charge is -2.44. The number of benzene rings is 1. The summed E-state index contributed by atoms with van der Waals surface area (Å²) in [6, 6.07) is 7.51. The maximum absolute atomic E-state index is 12.1. The normalized spacial score (nSPS) is 25.0. The highest BCUT2D eigenvalue weighted by atomic mass is 35.5. The van der Waals surface area contributed by atoms with E-state index < -0.39 is 0 Å². The van der Waals surface area contributed by atoms with Crippen LogP contribution in [0.4, 0.5) is 0 Å². The van der Waals surface area contributed by atoms with Crippen molar-refractivity contribution in [2.75, 3.05) is 19.7 Å². The van der Waals surface area contributed by atoms with Crippen LogP contribution in [-0.2, 0) is 4.74 Å².